The third-order valence-corrected chi connectivity index (χ3v) is 1.62. The van der Waals surface area contributed by atoms with Gasteiger partial charge in [0.05, 0.1) is 0 Å². The van der Waals surface area contributed by atoms with Crippen LogP contribution in [0.1, 0.15) is 5.56 Å². The minimum atomic E-state index is -3.64. The molecule has 7 heteroatoms. The Hall–Kier alpha value is -1.20. The summed E-state index contributed by atoms with van der Waals surface area (Å²) in [4.78, 5) is 25.6. The van der Waals surface area contributed by atoms with Crippen LogP contribution in [0.5, 0.6) is 0 Å². The van der Waals surface area contributed by atoms with E-state index in [1.165, 1.54) is 0 Å². The van der Waals surface area contributed by atoms with Gasteiger partial charge in [0.1, 0.15) is 6.04 Å². The summed E-state index contributed by atoms with van der Waals surface area (Å²) in [6.45, 7) is 0.854. The van der Waals surface area contributed by atoms with Crippen molar-refractivity contribution in [1.82, 2.24) is 0 Å². The van der Waals surface area contributed by atoms with Crippen molar-refractivity contribution in [2.45, 2.75) is 12.5 Å². The number of aliphatic carboxylic acids is 1. The highest BCUT2D eigenvalue weighted by Gasteiger charge is 2.10. The highest BCUT2D eigenvalue weighted by molar-refractivity contribution is 7.50. The van der Waals surface area contributed by atoms with E-state index in [0.717, 1.165) is 12.2 Å². The van der Waals surface area contributed by atoms with E-state index in [4.69, 9.17) is 20.6 Å². The van der Waals surface area contributed by atoms with E-state index in [1.54, 1.807) is 0 Å². The highest BCUT2D eigenvalue weighted by atomic mass is 31.2. The summed E-state index contributed by atoms with van der Waals surface area (Å²) < 4.78 is 9.33. The lowest BCUT2D eigenvalue weighted by molar-refractivity contribution is -0.138. The molecule has 0 aliphatic carbocycles. The molecular formula is C10H16NO5P. The standard InChI is InChI=1S/C9H11NO2.CH5O3P/c10-8(9(11)12)6-7-4-2-1-3-5-7;1-5(2,3)4/h1-5,8H,6,10H2,(H,11,12);1H3,(H2,2,3,4). The first kappa shape index (κ1) is 15.8. The second kappa shape index (κ2) is 7.19. The fourth-order valence-electron chi connectivity index (χ4n) is 0.955. The Kier molecular flexibility index (Phi) is 6.68. The Morgan fingerprint density at radius 1 is 1.35 bits per heavy atom. The molecule has 0 saturated carbocycles. The normalized spacial score (nSPS) is 12.2. The van der Waals surface area contributed by atoms with Gasteiger partial charge in [0.25, 0.3) is 0 Å². The van der Waals surface area contributed by atoms with Gasteiger partial charge in [-0.25, -0.2) is 0 Å². The number of carboxylic acids is 1. The van der Waals surface area contributed by atoms with Crippen LogP contribution in [0.3, 0.4) is 0 Å². The number of benzene rings is 1. The molecule has 0 amide bonds. The predicted octanol–water partition coefficient (Wildman–Crippen LogP) is 0.435. The van der Waals surface area contributed by atoms with Gasteiger partial charge in [-0.3, -0.25) is 9.36 Å². The molecule has 0 bridgehead atoms. The summed E-state index contributed by atoms with van der Waals surface area (Å²) in [5.74, 6) is -0.959. The van der Waals surface area contributed by atoms with Crippen LogP contribution in [-0.2, 0) is 15.8 Å². The van der Waals surface area contributed by atoms with E-state index in [1.807, 2.05) is 30.3 Å². The molecule has 1 atom stereocenters. The quantitative estimate of drug-likeness (QED) is 0.586. The molecule has 0 spiro atoms. The summed E-state index contributed by atoms with van der Waals surface area (Å²) in [7, 11) is -3.64. The maximum Gasteiger partial charge on any atom is 0.322 e. The zero-order chi connectivity index (χ0) is 13.5. The van der Waals surface area contributed by atoms with Gasteiger partial charge >= 0.3 is 13.6 Å². The molecule has 0 radical (unpaired) electrons. The Morgan fingerprint density at radius 2 is 1.76 bits per heavy atom. The second-order valence-corrected chi connectivity index (χ2v) is 5.14. The van der Waals surface area contributed by atoms with E-state index in [9.17, 15) is 9.36 Å². The van der Waals surface area contributed by atoms with Crippen molar-refractivity contribution in [2.75, 3.05) is 6.66 Å². The number of carboxylic acid groups (broad SMARTS) is 1. The summed E-state index contributed by atoms with van der Waals surface area (Å²) in [6, 6.07) is 8.54. The van der Waals surface area contributed by atoms with Crippen LogP contribution in [0.4, 0.5) is 0 Å². The van der Waals surface area contributed by atoms with Gasteiger partial charge in [-0.15, -0.1) is 0 Å². The minimum Gasteiger partial charge on any atom is -0.480 e. The summed E-state index contributed by atoms with van der Waals surface area (Å²) in [5, 5.41) is 8.52. The predicted molar refractivity (Wildman–Crippen MR) is 63.7 cm³/mol. The monoisotopic (exact) mass is 261 g/mol. The lowest BCUT2D eigenvalue weighted by Crippen LogP contribution is -2.32. The Labute approximate surface area is 99.2 Å². The Morgan fingerprint density at radius 3 is 2.12 bits per heavy atom. The van der Waals surface area contributed by atoms with Crippen LogP contribution in [0, 0.1) is 0 Å². The molecule has 1 aromatic carbocycles. The van der Waals surface area contributed by atoms with Gasteiger partial charge in [-0.1, -0.05) is 30.3 Å². The van der Waals surface area contributed by atoms with Crippen molar-refractivity contribution >= 4 is 13.6 Å². The van der Waals surface area contributed by atoms with E-state index in [2.05, 4.69) is 0 Å². The molecule has 0 saturated heterocycles. The smallest absolute Gasteiger partial charge is 0.322 e. The van der Waals surface area contributed by atoms with E-state index in [-0.39, 0.29) is 0 Å². The molecule has 96 valence electrons. The SMILES string of the molecule is CP(=O)(O)O.NC(Cc1ccccc1)C(=O)O. The van der Waals surface area contributed by atoms with Gasteiger partial charge in [-0.2, -0.15) is 0 Å². The number of hydrogen-bond acceptors (Lipinski definition) is 3. The minimum absolute atomic E-state index is 0.385. The van der Waals surface area contributed by atoms with Gasteiger partial charge < -0.3 is 20.6 Å². The molecule has 5 N–H and O–H groups in total. The number of rotatable bonds is 3. The molecule has 0 aliphatic rings. The van der Waals surface area contributed by atoms with Crippen molar-refractivity contribution in [2.24, 2.45) is 5.73 Å². The first-order chi connectivity index (χ1) is 7.70. The summed E-state index contributed by atoms with van der Waals surface area (Å²) in [5.41, 5.74) is 6.30. The lowest BCUT2D eigenvalue weighted by Gasteiger charge is -2.04. The Balaban J connectivity index is 0.000000437. The summed E-state index contributed by atoms with van der Waals surface area (Å²) >= 11 is 0. The number of hydrogen-bond donors (Lipinski definition) is 4. The first-order valence-electron chi connectivity index (χ1n) is 4.75. The largest absolute Gasteiger partial charge is 0.480 e. The van der Waals surface area contributed by atoms with Crippen molar-refractivity contribution < 1.29 is 24.3 Å². The van der Waals surface area contributed by atoms with E-state index in [0.29, 0.717) is 6.42 Å². The van der Waals surface area contributed by atoms with Crippen LogP contribution in [0.25, 0.3) is 0 Å². The van der Waals surface area contributed by atoms with Gasteiger partial charge in [0.2, 0.25) is 0 Å². The molecule has 1 unspecified atom stereocenters. The van der Waals surface area contributed by atoms with Crippen molar-refractivity contribution in [3.8, 4) is 0 Å². The molecule has 0 heterocycles. The second-order valence-electron chi connectivity index (χ2n) is 3.47. The fourth-order valence-corrected chi connectivity index (χ4v) is 0.955. The topological polar surface area (TPSA) is 121 Å². The average Bonchev–Trinajstić information content (AvgIpc) is 2.16. The van der Waals surface area contributed by atoms with Crippen LogP contribution in [0.15, 0.2) is 30.3 Å². The highest BCUT2D eigenvalue weighted by Crippen LogP contribution is 2.26. The van der Waals surface area contributed by atoms with Gasteiger partial charge in [0, 0.05) is 6.66 Å². The number of carbonyl (C=O) groups is 1. The molecule has 6 nitrogen and oxygen atoms in total. The molecule has 0 aromatic heterocycles. The Bertz CT molecular complexity index is 381. The zero-order valence-electron chi connectivity index (χ0n) is 9.35. The zero-order valence-corrected chi connectivity index (χ0v) is 10.2. The van der Waals surface area contributed by atoms with E-state index < -0.39 is 19.6 Å². The lowest BCUT2D eigenvalue weighted by atomic mass is 10.1. The van der Waals surface area contributed by atoms with Crippen LogP contribution in [-0.4, -0.2) is 33.6 Å². The van der Waals surface area contributed by atoms with Crippen molar-refractivity contribution in [3.63, 3.8) is 0 Å². The molecule has 0 fully saturated rings. The molecule has 1 aromatic rings. The maximum atomic E-state index is 10.4. The molecular weight excluding hydrogens is 245 g/mol. The number of nitrogens with two attached hydrogens (primary N) is 1. The van der Waals surface area contributed by atoms with Crippen molar-refractivity contribution in [1.29, 1.82) is 0 Å². The summed E-state index contributed by atoms with van der Waals surface area (Å²) in [6.07, 6.45) is 0.385. The third kappa shape index (κ3) is 11.1. The molecule has 0 aliphatic heterocycles. The molecule has 17 heavy (non-hydrogen) atoms. The van der Waals surface area contributed by atoms with Crippen molar-refractivity contribution in [3.05, 3.63) is 35.9 Å². The van der Waals surface area contributed by atoms with Crippen LogP contribution >= 0.6 is 7.60 Å². The first-order valence-corrected chi connectivity index (χ1v) is 6.81. The molecule has 1 rings (SSSR count). The van der Waals surface area contributed by atoms with E-state index >= 15 is 0 Å². The fraction of sp³-hybridized carbons (Fsp3) is 0.300. The van der Waals surface area contributed by atoms with Crippen LogP contribution < -0.4 is 5.73 Å². The van der Waals surface area contributed by atoms with Gasteiger partial charge in [0.15, 0.2) is 0 Å². The third-order valence-electron chi connectivity index (χ3n) is 1.62. The van der Waals surface area contributed by atoms with Gasteiger partial charge in [-0.05, 0) is 12.0 Å². The maximum absolute atomic E-state index is 10.4. The van der Waals surface area contributed by atoms with Crippen LogP contribution in [0.2, 0.25) is 0 Å². The average molecular weight is 261 g/mol.